The van der Waals surface area contributed by atoms with Gasteiger partial charge in [0, 0.05) is 17.2 Å². The maximum Gasteiger partial charge on any atom is 0.329 e. The smallest absolute Gasteiger partial charge is 0.329 e. The monoisotopic (exact) mass is 422 g/mol. The standard InChI is InChI=1S/C24H26N2O5/c1-4-29-20-12-10-18(11-13-20)23(27)25-22(16(2)3)24(28)30-15-19-14-21(31-26-19)17-8-6-5-7-9-17/h5-14,16,22H,4,15H2,1-3H3,(H,25,27)/t22-/m0/s1. The van der Waals surface area contributed by atoms with E-state index in [0.29, 0.717) is 29.4 Å². The first-order chi connectivity index (χ1) is 15.0. The molecule has 162 valence electrons. The van der Waals surface area contributed by atoms with Gasteiger partial charge < -0.3 is 19.3 Å². The number of benzene rings is 2. The zero-order chi connectivity index (χ0) is 22.2. The first-order valence-electron chi connectivity index (χ1n) is 10.2. The average Bonchev–Trinajstić information content (AvgIpc) is 3.26. The lowest BCUT2D eigenvalue weighted by atomic mass is 10.0. The Labute approximate surface area is 181 Å². The third-order valence-electron chi connectivity index (χ3n) is 4.61. The second-order valence-corrected chi connectivity index (χ2v) is 7.31. The molecule has 0 unspecified atom stereocenters. The van der Waals surface area contributed by atoms with Crippen molar-refractivity contribution in [3.05, 3.63) is 71.9 Å². The summed E-state index contributed by atoms with van der Waals surface area (Å²) in [5, 5.41) is 6.70. The fraction of sp³-hybridized carbons (Fsp3) is 0.292. The number of rotatable bonds is 9. The molecule has 0 saturated heterocycles. The summed E-state index contributed by atoms with van der Waals surface area (Å²) in [6, 6.07) is 17.2. The molecule has 1 atom stereocenters. The Morgan fingerprint density at radius 3 is 2.42 bits per heavy atom. The zero-order valence-electron chi connectivity index (χ0n) is 17.8. The van der Waals surface area contributed by atoms with Crippen molar-refractivity contribution in [1.29, 1.82) is 0 Å². The largest absolute Gasteiger partial charge is 0.494 e. The van der Waals surface area contributed by atoms with Gasteiger partial charge in [-0.1, -0.05) is 49.3 Å². The molecule has 1 heterocycles. The molecule has 1 amide bonds. The van der Waals surface area contributed by atoms with Gasteiger partial charge in [0.25, 0.3) is 5.91 Å². The van der Waals surface area contributed by atoms with E-state index in [1.54, 1.807) is 30.3 Å². The van der Waals surface area contributed by atoms with E-state index in [-0.39, 0.29) is 18.4 Å². The molecule has 0 spiro atoms. The summed E-state index contributed by atoms with van der Waals surface area (Å²) in [7, 11) is 0. The van der Waals surface area contributed by atoms with Crippen LogP contribution in [0.15, 0.2) is 65.2 Å². The van der Waals surface area contributed by atoms with E-state index in [0.717, 1.165) is 5.56 Å². The lowest BCUT2D eigenvalue weighted by Gasteiger charge is -2.20. The molecule has 0 fully saturated rings. The first-order valence-corrected chi connectivity index (χ1v) is 10.2. The highest BCUT2D eigenvalue weighted by atomic mass is 16.5. The van der Waals surface area contributed by atoms with Crippen molar-refractivity contribution in [2.45, 2.75) is 33.4 Å². The predicted molar refractivity (Wildman–Crippen MR) is 115 cm³/mol. The molecule has 0 aliphatic rings. The number of esters is 1. The molecule has 1 N–H and O–H groups in total. The van der Waals surface area contributed by atoms with Crippen molar-refractivity contribution >= 4 is 11.9 Å². The van der Waals surface area contributed by atoms with Gasteiger partial charge in [0.1, 0.15) is 24.1 Å². The van der Waals surface area contributed by atoms with Gasteiger partial charge in [-0.2, -0.15) is 0 Å². The average molecular weight is 422 g/mol. The fourth-order valence-corrected chi connectivity index (χ4v) is 2.94. The summed E-state index contributed by atoms with van der Waals surface area (Å²) >= 11 is 0. The SMILES string of the molecule is CCOc1ccc(C(=O)N[C@H](C(=O)OCc2cc(-c3ccccc3)on2)C(C)C)cc1. The quantitative estimate of drug-likeness (QED) is 0.519. The lowest BCUT2D eigenvalue weighted by molar-refractivity contribution is -0.148. The van der Waals surface area contributed by atoms with Crippen LogP contribution >= 0.6 is 0 Å². The highest BCUT2D eigenvalue weighted by molar-refractivity contribution is 5.96. The number of carbonyl (C=O) groups is 2. The van der Waals surface area contributed by atoms with E-state index in [1.807, 2.05) is 51.1 Å². The molecule has 0 aliphatic heterocycles. The Morgan fingerprint density at radius 1 is 1.06 bits per heavy atom. The van der Waals surface area contributed by atoms with Gasteiger partial charge in [0.05, 0.1) is 6.61 Å². The maximum absolute atomic E-state index is 12.6. The Balaban J connectivity index is 1.59. The molecule has 0 aliphatic carbocycles. The third kappa shape index (κ3) is 5.94. The van der Waals surface area contributed by atoms with Crippen molar-refractivity contribution in [2.24, 2.45) is 5.92 Å². The minimum Gasteiger partial charge on any atom is -0.494 e. The van der Waals surface area contributed by atoms with Gasteiger partial charge in [-0.15, -0.1) is 0 Å². The molecule has 0 radical (unpaired) electrons. The summed E-state index contributed by atoms with van der Waals surface area (Å²) in [6.45, 7) is 6.07. The molecule has 0 saturated carbocycles. The molecule has 1 aromatic heterocycles. The van der Waals surface area contributed by atoms with Gasteiger partial charge >= 0.3 is 5.97 Å². The van der Waals surface area contributed by atoms with Crippen LogP contribution < -0.4 is 10.1 Å². The highest BCUT2D eigenvalue weighted by Crippen LogP contribution is 2.20. The molecule has 3 rings (SSSR count). The molecule has 7 nitrogen and oxygen atoms in total. The maximum atomic E-state index is 12.6. The second kappa shape index (κ2) is 10.4. The molecule has 0 bridgehead atoms. The zero-order valence-corrected chi connectivity index (χ0v) is 17.8. The predicted octanol–water partition coefficient (Wildman–Crippen LogP) is 4.24. The lowest BCUT2D eigenvalue weighted by Crippen LogP contribution is -2.45. The van der Waals surface area contributed by atoms with Crippen LogP contribution in [0.25, 0.3) is 11.3 Å². The fourth-order valence-electron chi connectivity index (χ4n) is 2.94. The number of nitrogens with one attached hydrogen (secondary N) is 1. The molecule has 3 aromatic rings. The van der Waals surface area contributed by atoms with E-state index >= 15 is 0 Å². The van der Waals surface area contributed by atoms with Crippen LogP contribution in [-0.2, 0) is 16.1 Å². The van der Waals surface area contributed by atoms with Crippen LogP contribution in [0.2, 0.25) is 0 Å². The molecular weight excluding hydrogens is 396 g/mol. The molecule has 31 heavy (non-hydrogen) atoms. The Kier molecular flexibility index (Phi) is 7.43. The van der Waals surface area contributed by atoms with Gasteiger partial charge in [-0.25, -0.2) is 4.79 Å². The highest BCUT2D eigenvalue weighted by Gasteiger charge is 2.26. The molecule has 7 heteroatoms. The Bertz CT molecular complexity index is 996. The van der Waals surface area contributed by atoms with E-state index in [9.17, 15) is 9.59 Å². The van der Waals surface area contributed by atoms with Gasteiger partial charge in [-0.05, 0) is 37.1 Å². The summed E-state index contributed by atoms with van der Waals surface area (Å²) < 4.78 is 16.1. The van der Waals surface area contributed by atoms with Crippen molar-refractivity contribution in [2.75, 3.05) is 6.61 Å². The van der Waals surface area contributed by atoms with E-state index < -0.39 is 12.0 Å². The van der Waals surface area contributed by atoms with Crippen LogP contribution in [0.3, 0.4) is 0 Å². The number of amides is 1. The van der Waals surface area contributed by atoms with Gasteiger partial charge in [0.15, 0.2) is 5.76 Å². The number of hydrogen-bond acceptors (Lipinski definition) is 6. The van der Waals surface area contributed by atoms with Crippen LogP contribution in [0.1, 0.15) is 36.8 Å². The summed E-state index contributed by atoms with van der Waals surface area (Å²) in [5.74, 6) is 0.235. The van der Waals surface area contributed by atoms with E-state index in [2.05, 4.69) is 10.5 Å². The van der Waals surface area contributed by atoms with Gasteiger partial charge in [-0.3, -0.25) is 4.79 Å². The molecule has 2 aromatic carbocycles. The Morgan fingerprint density at radius 2 is 1.77 bits per heavy atom. The van der Waals surface area contributed by atoms with Crippen molar-refractivity contribution in [3.63, 3.8) is 0 Å². The van der Waals surface area contributed by atoms with E-state index in [4.69, 9.17) is 14.0 Å². The number of nitrogens with zero attached hydrogens (tertiary/aromatic N) is 1. The molecular formula is C24H26N2O5. The number of ether oxygens (including phenoxy) is 2. The number of hydrogen-bond donors (Lipinski definition) is 1. The van der Waals surface area contributed by atoms with E-state index in [1.165, 1.54) is 0 Å². The van der Waals surface area contributed by atoms with Gasteiger partial charge in [0.2, 0.25) is 0 Å². The number of aromatic nitrogens is 1. The second-order valence-electron chi connectivity index (χ2n) is 7.31. The summed E-state index contributed by atoms with van der Waals surface area (Å²) in [6.07, 6.45) is 0. The first kappa shape index (κ1) is 22.1. The van der Waals surface area contributed by atoms with Crippen molar-refractivity contribution in [3.8, 4) is 17.1 Å². The van der Waals surface area contributed by atoms with Crippen molar-refractivity contribution < 1.29 is 23.6 Å². The summed E-state index contributed by atoms with van der Waals surface area (Å²) in [4.78, 5) is 25.2. The third-order valence-corrected chi connectivity index (χ3v) is 4.61. The van der Waals surface area contributed by atoms with Crippen LogP contribution in [0, 0.1) is 5.92 Å². The normalized spacial score (nSPS) is 11.7. The summed E-state index contributed by atoms with van der Waals surface area (Å²) in [5.41, 5.74) is 1.81. The van der Waals surface area contributed by atoms with Crippen molar-refractivity contribution in [1.82, 2.24) is 10.5 Å². The minimum atomic E-state index is -0.792. The minimum absolute atomic E-state index is 0.0443. The van der Waals surface area contributed by atoms with Crippen LogP contribution in [0.4, 0.5) is 0 Å². The van der Waals surface area contributed by atoms with Crippen LogP contribution in [0.5, 0.6) is 5.75 Å². The van der Waals surface area contributed by atoms with Crippen LogP contribution in [-0.4, -0.2) is 29.7 Å². The topological polar surface area (TPSA) is 90.7 Å². The Hall–Kier alpha value is -3.61. The number of carbonyl (C=O) groups excluding carboxylic acids is 2.